The first-order chi connectivity index (χ1) is 9.28. The average Bonchev–Trinajstić information content (AvgIpc) is 2.46. The summed E-state index contributed by atoms with van der Waals surface area (Å²) < 4.78 is 0. The normalized spacial score (nSPS) is 24.3. The molecule has 0 aliphatic carbocycles. The highest BCUT2D eigenvalue weighted by Crippen LogP contribution is 2.24. The number of piperidine rings is 1. The van der Waals surface area contributed by atoms with Crippen molar-refractivity contribution in [3.05, 3.63) is 23.4 Å². The number of aromatic nitrogens is 1. The third-order valence-electron chi connectivity index (χ3n) is 4.49. The Morgan fingerprint density at radius 1 is 1.26 bits per heavy atom. The number of nitrogens with zero attached hydrogens (tertiary/aromatic N) is 3. The Morgan fingerprint density at radius 3 is 2.95 bits per heavy atom. The Balaban J connectivity index is 1.74. The van der Waals surface area contributed by atoms with E-state index >= 15 is 0 Å². The number of halogens is 1. The molecule has 1 atom stereocenters. The second kappa shape index (κ2) is 5.68. The molecular formula is C15H22ClN3. The zero-order chi connectivity index (χ0) is 13.2. The van der Waals surface area contributed by atoms with E-state index in [9.17, 15) is 0 Å². The molecule has 3 rings (SSSR count). The molecule has 1 aromatic heterocycles. The van der Waals surface area contributed by atoms with Crippen molar-refractivity contribution in [2.75, 3.05) is 31.1 Å². The minimum atomic E-state index is 0.551. The lowest BCUT2D eigenvalue weighted by molar-refractivity contribution is 0.133. The van der Waals surface area contributed by atoms with Crippen LogP contribution in [-0.4, -0.2) is 42.1 Å². The van der Waals surface area contributed by atoms with Crippen LogP contribution in [-0.2, 0) is 5.88 Å². The standard InChI is InChI=1S/C15H22ClN3/c1-12-13(10-16)5-6-15(17-12)19-9-8-18-7-3-2-4-14(18)11-19/h5-6,14H,2-4,7-11H2,1H3. The molecule has 19 heavy (non-hydrogen) atoms. The van der Waals surface area contributed by atoms with Gasteiger partial charge >= 0.3 is 0 Å². The molecule has 3 heterocycles. The molecule has 4 heteroatoms. The van der Waals surface area contributed by atoms with Crippen molar-refractivity contribution >= 4 is 17.4 Å². The first kappa shape index (κ1) is 13.2. The fourth-order valence-electron chi connectivity index (χ4n) is 3.26. The Hall–Kier alpha value is -0.800. The molecule has 104 valence electrons. The topological polar surface area (TPSA) is 19.4 Å². The first-order valence-corrected chi connectivity index (χ1v) is 7.83. The van der Waals surface area contributed by atoms with Crippen molar-refractivity contribution in [1.29, 1.82) is 0 Å². The van der Waals surface area contributed by atoms with Crippen LogP contribution in [0.5, 0.6) is 0 Å². The molecule has 1 unspecified atom stereocenters. The molecule has 0 bridgehead atoms. The molecule has 2 saturated heterocycles. The lowest BCUT2D eigenvalue weighted by Crippen LogP contribution is -2.55. The lowest BCUT2D eigenvalue weighted by atomic mass is 9.99. The quantitative estimate of drug-likeness (QED) is 0.776. The summed E-state index contributed by atoms with van der Waals surface area (Å²) in [6, 6.07) is 4.98. The van der Waals surface area contributed by atoms with E-state index in [0.29, 0.717) is 5.88 Å². The Kier molecular flexibility index (Phi) is 3.94. The van der Waals surface area contributed by atoms with E-state index in [1.54, 1.807) is 0 Å². The summed E-state index contributed by atoms with van der Waals surface area (Å²) in [5.41, 5.74) is 2.21. The molecule has 0 N–H and O–H groups in total. The van der Waals surface area contributed by atoms with Crippen molar-refractivity contribution in [2.24, 2.45) is 0 Å². The van der Waals surface area contributed by atoms with E-state index in [0.717, 1.165) is 36.2 Å². The number of alkyl halides is 1. The van der Waals surface area contributed by atoms with Gasteiger partial charge in [0.25, 0.3) is 0 Å². The van der Waals surface area contributed by atoms with Gasteiger partial charge in [-0.1, -0.05) is 12.5 Å². The van der Waals surface area contributed by atoms with Crippen LogP contribution < -0.4 is 4.90 Å². The summed E-state index contributed by atoms with van der Waals surface area (Å²) in [5, 5.41) is 0. The Morgan fingerprint density at radius 2 is 2.16 bits per heavy atom. The highest BCUT2D eigenvalue weighted by atomic mass is 35.5. The molecule has 0 saturated carbocycles. The number of fused-ring (bicyclic) bond motifs is 1. The maximum absolute atomic E-state index is 5.90. The minimum absolute atomic E-state index is 0.551. The van der Waals surface area contributed by atoms with Gasteiger partial charge in [0.1, 0.15) is 5.82 Å². The van der Waals surface area contributed by atoms with Crippen LogP contribution in [0.15, 0.2) is 12.1 Å². The van der Waals surface area contributed by atoms with Gasteiger partial charge in [0.05, 0.1) is 0 Å². The second-order valence-electron chi connectivity index (χ2n) is 5.68. The van der Waals surface area contributed by atoms with Gasteiger partial charge < -0.3 is 4.90 Å². The monoisotopic (exact) mass is 279 g/mol. The van der Waals surface area contributed by atoms with Crippen LogP contribution in [0.2, 0.25) is 0 Å². The molecule has 0 radical (unpaired) electrons. The van der Waals surface area contributed by atoms with Crippen LogP contribution in [0, 0.1) is 6.92 Å². The molecular weight excluding hydrogens is 258 g/mol. The molecule has 2 fully saturated rings. The van der Waals surface area contributed by atoms with Crippen LogP contribution in [0.1, 0.15) is 30.5 Å². The number of pyridine rings is 1. The second-order valence-corrected chi connectivity index (χ2v) is 5.95. The zero-order valence-electron chi connectivity index (χ0n) is 11.6. The van der Waals surface area contributed by atoms with Gasteiger partial charge in [-0.25, -0.2) is 4.98 Å². The molecule has 2 aliphatic rings. The number of piperazine rings is 1. The van der Waals surface area contributed by atoms with E-state index in [-0.39, 0.29) is 0 Å². The summed E-state index contributed by atoms with van der Waals surface area (Å²) in [6.45, 7) is 6.76. The van der Waals surface area contributed by atoms with E-state index < -0.39 is 0 Å². The smallest absolute Gasteiger partial charge is 0.128 e. The number of anilines is 1. The van der Waals surface area contributed by atoms with Gasteiger partial charge in [0, 0.05) is 37.3 Å². The van der Waals surface area contributed by atoms with Crippen molar-refractivity contribution < 1.29 is 0 Å². The number of aryl methyl sites for hydroxylation is 1. The first-order valence-electron chi connectivity index (χ1n) is 7.29. The molecule has 0 spiro atoms. The zero-order valence-corrected chi connectivity index (χ0v) is 12.4. The van der Waals surface area contributed by atoms with Crippen molar-refractivity contribution in [3.63, 3.8) is 0 Å². The lowest BCUT2D eigenvalue weighted by Gasteiger charge is -2.44. The van der Waals surface area contributed by atoms with Crippen LogP contribution in [0.4, 0.5) is 5.82 Å². The van der Waals surface area contributed by atoms with Crippen LogP contribution in [0.25, 0.3) is 0 Å². The Labute approximate surface area is 120 Å². The van der Waals surface area contributed by atoms with Crippen molar-refractivity contribution in [2.45, 2.75) is 38.1 Å². The maximum atomic E-state index is 5.90. The van der Waals surface area contributed by atoms with Crippen LogP contribution >= 0.6 is 11.6 Å². The fraction of sp³-hybridized carbons (Fsp3) is 0.667. The third-order valence-corrected chi connectivity index (χ3v) is 4.77. The third kappa shape index (κ3) is 2.72. The van der Waals surface area contributed by atoms with Gasteiger partial charge in [-0.3, -0.25) is 4.90 Å². The Bertz CT molecular complexity index is 449. The predicted molar refractivity (Wildman–Crippen MR) is 80.0 cm³/mol. The highest BCUT2D eigenvalue weighted by Gasteiger charge is 2.29. The van der Waals surface area contributed by atoms with Crippen LogP contribution in [0.3, 0.4) is 0 Å². The van der Waals surface area contributed by atoms with Crippen molar-refractivity contribution in [1.82, 2.24) is 9.88 Å². The van der Waals surface area contributed by atoms with E-state index in [1.165, 1.54) is 32.4 Å². The molecule has 1 aromatic rings. The largest absolute Gasteiger partial charge is 0.354 e. The predicted octanol–water partition coefficient (Wildman–Crippen LogP) is 2.80. The van der Waals surface area contributed by atoms with E-state index in [4.69, 9.17) is 16.6 Å². The summed E-state index contributed by atoms with van der Waals surface area (Å²) in [7, 11) is 0. The maximum Gasteiger partial charge on any atom is 0.128 e. The summed E-state index contributed by atoms with van der Waals surface area (Å²) in [6.07, 6.45) is 4.10. The minimum Gasteiger partial charge on any atom is -0.354 e. The molecule has 0 aromatic carbocycles. The summed E-state index contributed by atoms with van der Waals surface area (Å²) in [4.78, 5) is 9.82. The van der Waals surface area contributed by atoms with Gasteiger partial charge in [-0.15, -0.1) is 11.6 Å². The average molecular weight is 280 g/mol. The van der Waals surface area contributed by atoms with Gasteiger partial charge in [0.15, 0.2) is 0 Å². The number of hydrogen-bond acceptors (Lipinski definition) is 3. The van der Waals surface area contributed by atoms with Crippen molar-refractivity contribution in [3.8, 4) is 0 Å². The van der Waals surface area contributed by atoms with E-state index in [1.807, 2.05) is 0 Å². The summed E-state index contributed by atoms with van der Waals surface area (Å²) in [5.74, 6) is 1.67. The molecule has 3 nitrogen and oxygen atoms in total. The molecule has 2 aliphatic heterocycles. The highest BCUT2D eigenvalue weighted by molar-refractivity contribution is 6.17. The number of rotatable bonds is 2. The van der Waals surface area contributed by atoms with E-state index in [2.05, 4.69) is 28.9 Å². The fourth-order valence-corrected chi connectivity index (χ4v) is 3.54. The van der Waals surface area contributed by atoms with Gasteiger partial charge in [-0.2, -0.15) is 0 Å². The SMILES string of the molecule is Cc1nc(N2CCN3CCCCC3C2)ccc1CCl. The van der Waals surface area contributed by atoms with Gasteiger partial charge in [-0.05, 0) is 37.9 Å². The molecule has 0 amide bonds. The van der Waals surface area contributed by atoms with Gasteiger partial charge in [0.2, 0.25) is 0 Å². The number of hydrogen-bond donors (Lipinski definition) is 0. The summed E-state index contributed by atoms with van der Waals surface area (Å²) >= 11 is 5.90.